The molecule has 3 N–H and O–H groups in total. The number of halogens is 1. The minimum Gasteiger partial charge on any atom is -0.497 e. The molecule has 18 heavy (non-hydrogen) atoms. The average Bonchev–Trinajstić information content (AvgIpc) is 2.28. The number of carbonyl (C=O) groups is 1. The molecule has 0 bridgehead atoms. The average molecular weight is 284 g/mol. The summed E-state index contributed by atoms with van der Waals surface area (Å²) in [6.45, 7) is 0. The number of rotatable bonds is 4. The molecule has 1 unspecified atom stereocenters. The zero-order chi connectivity index (χ0) is 13.7. The Kier molecular flexibility index (Phi) is 4.89. The van der Waals surface area contributed by atoms with Crippen molar-refractivity contribution in [3.05, 3.63) is 23.2 Å². The monoisotopic (exact) mass is 283 g/mol. The molecule has 0 aliphatic heterocycles. The van der Waals surface area contributed by atoms with Gasteiger partial charge in [0.1, 0.15) is 10.7 Å². The SMILES string of the molecule is COc1cc(Cl)cc(NC(=S)C(C#N)C(N)=O)c1. The number of ether oxygens (including phenoxy) is 1. The number of amides is 1. The van der Waals surface area contributed by atoms with Crippen molar-refractivity contribution in [2.24, 2.45) is 11.7 Å². The third-order valence-corrected chi connectivity index (χ3v) is 2.61. The van der Waals surface area contributed by atoms with E-state index >= 15 is 0 Å². The first kappa shape index (κ1) is 14.2. The van der Waals surface area contributed by atoms with Crippen molar-refractivity contribution in [1.82, 2.24) is 0 Å². The topological polar surface area (TPSA) is 88.1 Å². The molecule has 1 aromatic carbocycles. The summed E-state index contributed by atoms with van der Waals surface area (Å²) in [5, 5.41) is 11.9. The number of nitrogens with two attached hydrogens (primary N) is 1. The molecule has 94 valence electrons. The lowest BCUT2D eigenvalue weighted by molar-refractivity contribution is -0.118. The molecule has 0 aromatic heterocycles. The highest BCUT2D eigenvalue weighted by Crippen LogP contribution is 2.24. The number of nitrogens with zero attached hydrogens (tertiary/aromatic N) is 1. The van der Waals surface area contributed by atoms with E-state index in [-0.39, 0.29) is 4.99 Å². The molecular formula is C11H10ClN3O2S. The Hall–Kier alpha value is -1.84. The van der Waals surface area contributed by atoms with E-state index in [0.29, 0.717) is 16.5 Å². The number of carbonyl (C=O) groups excluding carboxylic acids is 1. The lowest BCUT2D eigenvalue weighted by Crippen LogP contribution is -2.32. The summed E-state index contributed by atoms with van der Waals surface area (Å²) in [6.07, 6.45) is 0. The van der Waals surface area contributed by atoms with Gasteiger partial charge < -0.3 is 15.8 Å². The molecule has 0 aliphatic carbocycles. The number of anilines is 1. The standard InChI is InChI=1S/C11H10ClN3O2S/c1-17-8-3-6(12)2-7(4-8)15-11(18)9(5-13)10(14)16/h2-4,9H,1H3,(H2,14,16)(H,15,18). The van der Waals surface area contributed by atoms with Crippen LogP contribution >= 0.6 is 23.8 Å². The first-order chi connectivity index (χ1) is 8.47. The van der Waals surface area contributed by atoms with Crippen molar-refractivity contribution in [2.45, 2.75) is 0 Å². The predicted molar refractivity (Wildman–Crippen MR) is 72.5 cm³/mol. The highest BCUT2D eigenvalue weighted by Gasteiger charge is 2.20. The lowest BCUT2D eigenvalue weighted by Gasteiger charge is -2.11. The molecule has 7 heteroatoms. The van der Waals surface area contributed by atoms with Crippen LogP contribution in [0.5, 0.6) is 5.75 Å². The quantitative estimate of drug-likeness (QED) is 0.821. The smallest absolute Gasteiger partial charge is 0.241 e. The molecule has 5 nitrogen and oxygen atoms in total. The summed E-state index contributed by atoms with van der Waals surface area (Å²) < 4.78 is 5.03. The maximum atomic E-state index is 11.0. The van der Waals surface area contributed by atoms with Gasteiger partial charge in [-0.05, 0) is 12.1 Å². The second-order valence-electron chi connectivity index (χ2n) is 3.33. The largest absolute Gasteiger partial charge is 0.497 e. The van der Waals surface area contributed by atoms with E-state index in [4.69, 9.17) is 39.6 Å². The van der Waals surface area contributed by atoms with E-state index in [2.05, 4.69) is 5.32 Å². The van der Waals surface area contributed by atoms with Crippen molar-refractivity contribution in [3.8, 4) is 11.8 Å². The van der Waals surface area contributed by atoms with Crippen LogP contribution in [0.15, 0.2) is 18.2 Å². The van der Waals surface area contributed by atoms with Gasteiger partial charge in [0, 0.05) is 16.8 Å². The molecule has 1 aromatic rings. The van der Waals surface area contributed by atoms with Gasteiger partial charge in [-0.25, -0.2) is 0 Å². The first-order valence-corrected chi connectivity index (χ1v) is 5.61. The number of methoxy groups -OCH3 is 1. The summed E-state index contributed by atoms with van der Waals surface area (Å²) in [5.41, 5.74) is 5.57. The van der Waals surface area contributed by atoms with E-state index in [1.807, 2.05) is 0 Å². The minimum absolute atomic E-state index is 0.0225. The van der Waals surface area contributed by atoms with Gasteiger partial charge in [0.2, 0.25) is 5.91 Å². The maximum absolute atomic E-state index is 11.0. The van der Waals surface area contributed by atoms with Crippen LogP contribution in [-0.2, 0) is 4.79 Å². The molecule has 0 heterocycles. The van der Waals surface area contributed by atoms with Gasteiger partial charge in [-0.15, -0.1) is 0 Å². The number of nitriles is 1. The Labute approximate surface area is 114 Å². The van der Waals surface area contributed by atoms with Gasteiger partial charge in [0.15, 0.2) is 5.92 Å². The van der Waals surface area contributed by atoms with Crippen molar-refractivity contribution in [2.75, 3.05) is 12.4 Å². The van der Waals surface area contributed by atoms with E-state index in [1.54, 1.807) is 24.3 Å². The lowest BCUT2D eigenvalue weighted by atomic mass is 10.1. The number of hydrogen-bond acceptors (Lipinski definition) is 4. The molecule has 0 fully saturated rings. The molecular weight excluding hydrogens is 274 g/mol. The Balaban J connectivity index is 2.91. The summed E-state index contributed by atoms with van der Waals surface area (Å²) in [7, 11) is 1.50. The maximum Gasteiger partial charge on any atom is 0.241 e. The number of nitrogens with one attached hydrogen (secondary N) is 1. The Morgan fingerprint density at radius 1 is 1.61 bits per heavy atom. The van der Waals surface area contributed by atoms with Crippen LogP contribution in [0.1, 0.15) is 0 Å². The third-order valence-electron chi connectivity index (χ3n) is 2.05. The van der Waals surface area contributed by atoms with Crippen LogP contribution in [0.25, 0.3) is 0 Å². The minimum atomic E-state index is -1.18. The van der Waals surface area contributed by atoms with Crippen molar-refractivity contribution < 1.29 is 9.53 Å². The van der Waals surface area contributed by atoms with Gasteiger partial charge in [0.25, 0.3) is 0 Å². The van der Waals surface area contributed by atoms with Gasteiger partial charge in [0.05, 0.1) is 13.2 Å². The number of primary amides is 1. The van der Waals surface area contributed by atoms with Crippen molar-refractivity contribution in [3.63, 3.8) is 0 Å². The normalized spacial score (nSPS) is 11.2. The van der Waals surface area contributed by atoms with Gasteiger partial charge >= 0.3 is 0 Å². The first-order valence-electron chi connectivity index (χ1n) is 4.82. The highest BCUT2D eigenvalue weighted by molar-refractivity contribution is 7.80. The van der Waals surface area contributed by atoms with E-state index in [0.717, 1.165) is 0 Å². The van der Waals surface area contributed by atoms with Crippen molar-refractivity contribution in [1.29, 1.82) is 5.26 Å². The van der Waals surface area contributed by atoms with Gasteiger partial charge in [-0.3, -0.25) is 4.79 Å². The van der Waals surface area contributed by atoms with Gasteiger partial charge in [-0.1, -0.05) is 23.8 Å². The predicted octanol–water partition coefficient (Wildman–Crippen LogP) is 1.71. The Morgan fingerprint density at radius 2 is 2.28 bits per heavy atom. The zero-order valence-electron chi connectivity index (χ0n) is 9.44. The van der Waals surface area contributed by atoms with E-state index in [1.165, 1.54) is 7.11 Å². The number of hydrogen-bond donors (Lipinski definition) is 2. The van der Waals surface area contributed by atoms with Crippen LogP contribution in [-0.4, -0.2) is 18.0 Å². The molecule has 0 aliphatic rings. The zero-order valence-corrected chi connectivity index (χ0v) is 11.0. The molecule has 0 radical (unpaired) electrons. The van der Waals surface area contributed by atoms with E-state index < -0.39 is 11.8 Å². The van der Waals surface area contributed by atoms with Crippen LogP contribution in [0, 0.1) is 17.2 Å². The van der Waals surface area contributed by atoms with Crippen LogP contribution in [0.4, 0.5) is 5.69 Å². The highest BCUT2D eigenvalue weighted by atomic mass is 35.5. The fourth-order valence-electron chi connectivity index (χ4n) is 1.22. The molecule has 1 atom stereocenters. The molecule has 0 spiro atoms. The molecule has 0 saturated heterocycles. The van der Waals surface area contributed by atoms with Crippen LogP contribution in [0.3, 0.4) is 0 Å². The second kappa shape index (κ2) is 6.19. The Morgan fingerprint density at radius 3 is 2.78 bits per heavy atom. The van der Waals surface area contributed by atoms with Crippen LogP contribution in [0.2, 0.25) is 5.02 Å². The number of thiocarbonyl (C=S) groups is 1. The third kappa shape index (κ3) is 3.58. The van der Waals surface area contributed by atoms with Crippen molar-refractivity contribution >= 4 is 40.4 Å². The van der Waals surface area contributed by atoms with E-state index in [9.17, 15) is 4.79 Å². The van der Waals surface area contributed by atoms with Crippen LogP contribution < -0.4 is 15.8 Å². The summed E-state index contributed by atoms with van der Waals surface area (Å²) in [5.74, 6) is -1.45. The number of benzene rings is 1. The Bertz CT molecular complexity index is 528. The summed E-state index contributed by atoms with van der Waals surface area (Å²) in [4.78, 5) is 11.0. The fraction of sp³-hybridized carbons (Fsp3) is 0.182. The fourth-order valence-corrected chi connectivity index (χ4v) is 1.73. The summed E-state index contributed by atoms with van der Waals surface area (Å²) in [6, 6.07) is 6.56. The molecule has 0 saturated carbocycles. The summed E-state index contributed by atoms with van der Waals surface area (Å²) >= 11 is 10.8. The second-order valence-corrected chi connectivity index (χ2v) is 4.21. The molecule has 1 rings (SSSR count). The van der Waals surface area contributed by atoms with Gasteiger partial charge in [-0.2, -0.15) is 5.26 Å². The molecule has 1 amide bonds.